The zero-order chi connectivity index (χ0) is 23.8. The molecule has 0 N–H and O–H groups in total. The summed E-state index contributed by atoms with van der Waals surface area (Å²) in [6, 6.07) is 14.4. The van der Waals surface area contributed by atoms with Crippen LogP contribution in [0.3, 0.4) is 0 Å². The molecule has 0 spiro atoms. The van der Waals surface area contributed by atoms with Crippen molar-refractivity contribution >= 4 is 43.0 Å². The Morgan fingerprint density at radius 3 is 1.56 bits per heavy atom. The van der Waals surface area contributed by atoms with Crippen molar-refractivity contribution in [3.8, 4) is 0 Å². The Kier molecular flexibility index (Phi) is 10.0. The summed E-state index contributed by atoms with van der Waals surface area (Å²) in [4.78, 5) is 19.1. The fourth-order valence-electron chi connectivity index (χ4n) is 3.32. The summed E-state index contributed by atoms with van der Waals surface area (Å²) in [6.45, 7) is 14.2. The van der Waals surface area contributed by atoms with Gasteiger partial charge < -0.3 is 0 Å². The van der Waals surface area contributed by atoms with Crippen molar-refractivity contribution in [2.24, 2.45) is 9.98 Å². The third-order valence-electron chi connectivity index (χ3n) is 4.99. The van der Waals surface area contributed by atoms with E-state index in [4.69, 9.17) is 35.2 Å². The van der Waals surface area contributed by atoms with Gasteiger partial charge in [0, 0.05) is 5.69 Å². The molecule has 32 heavy (non-hydrogen) atoms. The van der Waals surface area contributed by atoms with Crippen LogP contribution in [-0.4, -0.2) is 21.4 Å². The molecule has 3 rings (SSSR count). The van der Waals surface area contributed by atoms with Crippen LogP contribution in [0.4, 0.5) is 11.4 Å². The minimum absolute atomic E-state index is 0.194. The first-order valence-corrected chi connectivity index (χ1v) is 13.2. The van der Waals surface area contributed by atoms with Crippen molar-refractivity contribution < 1.29 is 13.1 Å². The van der Waals surface area contributed by atoms with Gasteiger partial charge in [-0.25, -0.2) is 15.0 Å². The zero-order valence-corrected chi connectivity index (χ0v) is 22.1. The van der Waals surface area contributed by atoms with Gasteiger partial charge >= 0.3 is 33.3 Å². The van der Waals surface area contributed by atoms with Gasteiger partial charge in [-0.2, -0.15) is 0 Å². The Morgan fingerprint density at radius 1 is 0.719 bits per heavy atom. The number of nitrogens with zero attached hydrogens (tertiary/aromatic N) is 4. The van der Waals surface area contributed by atoms with Crippen LogP contribution in [0.1, 0.15) is 53.3 Å². The van der Waals surface area contributed by atoms with Crippen molar-refractivity contribution in [2.45, 2.75) is 48.5 Å². The summed E-state index contributed by atoms with van der Waals surface area (Å²) in [5.74, 6) is 0.638. The van der Waals surface area contributed by atoms with Crippen molar-refractivity contribution in [1.82, 2.24) is 9.97 Å². The number of benzene rings is 2. The number of halogens is 2. The Hall–Kier alpha value is -2.04. The second-order valence-electron chi connectivity index (χ2n) is 7.64. The van der Waals surface area contributed by atoms with Crippen LogP contribution in [0.15, 0.2) is 52.4 Å². The molecule has 1 aromatic heterocycles. The molecule has 0 aliphatic carbocycles. The van der Waals surface area contributed by atoms with Crippen molar-refractivity contribution in [3.63, 3.8) is 0 Å². The Morgan fingerprint density at radius 2 is 1.12 bits per heavy atom. The molecule has 170 valence electrons. The van der Waals surface area contributed by atoms with Crippen LogP contribution >= 0.6 is 20.2 Å². The van der Waals surface area contributed by atoms with Crippen LogP contribution in [-0.2, 0) is 13.1 Å². The third kappa shape index (κ3) is 6.98. The standard InChI is InChI=1S/C25H28N4.2ClH.Fe/c1-15-10-8-11-16(2)23(15)27-20(6)22-14-19(5)26-25(29-22)21(7)28-24-17(3)12-9-13-18(24)4;;;/h8-14H,1-7H3;2*1H;/q;;;+2/p-2. The molecule has 0 saturated heterocycles. The van der Waals surface area contributed by atoms with Crippen LogP contribution in [0.5, 0.6) is 0 Å². The fourth-order valence-corrected chi connectivity index (χ4v) is 3.32. The maximum atomic E-state index is 4.87. The van der Waals surface area contributed by atoms with Gasteiger partial charge in [0.15, 0.2) is 5.82 Å². The molecule has 4 nitrogen and oxygen atoms in total. The Balaban J connectivity index is 0.00000114. The van der Waals surface area contributed by atoms with Crippen LogP contribution in [0, 0.1) is 34.6 Å². The second-order valence-corrected chi connectivity index (χ2v) is 9.47. The van der Waals surface area contributed by atoms with Gasteiger partial charge in [0.05, 0.1) is 28.5 Å². The topological polar surface area (TPSA) is 50.5 Å². The second kappa shape index (κ2) is 12.3. The molecule has 0 radical (unpaired) electrons. The Bertz CT molecular complexity index is 1030. The molecule has 0 bridgehead atoms. The van der Waals surface area contributed by atoms with Crippen LogP contribution < -0.4 is 0 Å². The van der Waals surface area contributed by atoms with Gasteiger partial charge in [-0.3, -0.25) is 4.99 Å². The molecule has 1 heterocycles. The van der Waals surface area contributed by atoms with Crippen molar-refractivity contribution in [1.29, 1.82) is 0 Å². The summed E-state index contributed by atoms with van der Waals surface area (Å²) in [6.07, 6.45) is 0. The summed E-state index contributed by atoms with van der Waals surface area (Å²) < 4.78 is 0. The van der Waals surface area contributed by atoms with E-state index in [9.17, 15) is 0 Å². The number of aromatic nitrogens is 2. The average Bonchev–Trinajstić information content (AvgIpc) is 2.73. The number of aryl methyl sites for hydroxylation is 5. The SMILES string of the molecule is CC(=Nc1c(C)cccc1C)c1cc(C)nc(C(C)=Nc2c(C)cccc2C)n1.[Cl][Fe][Cl]. The average molecular weight is 511 g/mol. The summed E-state index contributed by atoms with van der Waals surface area (Å²) in [5, 5.41) is 0. The van der Waals surface area contributed by atoms with Gasteiger partial charge in [-0.1, -0.05) is 36.4 Å². The van der Waals surface area contributed by atoms with Crippen LogP contribution in [0.25, 0.3) is 0 Å². The predicted octanol–water partition coefficient (Wildman–Crippen LogP) is 7.68. The zero-order valence-electron chi connectivity index (χ0n) is 19.4. The Labute approximate surface area is 205 Å². The summed E-state index contributed by atoms with van der Waals surface area (Å²) >= 11 is 0.194. The number of para-hydroxylation sites is 2. The fraction of sp³-hybridized carbons (Fsp3) is 0.280. The third-order valence-corrected chi connectivity index (χ3v) is 4.99. The first-order chi connectivity index (χ1) is 15.2. The van der Waals surface area contributed by atoms with Gasteiger partial charge in [-0.15, -0.1) is 0 Å². The molecule has 0 atom stereocenters. The molecule has 0 saturated carbocycles. The number of rotatable bonds is 4. The van der Waals surface area contributed by atoms with Gasteiger partial charge in [0.25, 0.3) is 0 Å². The number of aliphatic imine (C=N–C) groups is 2. The molecular formula is C25H28Cl2FeN4. The predicted molar refractivity (Wildman–Crippen MR) is 134 cm³/mol. The molecule has 0 fully saturated rings. The molecule has 3 aromatic rings. The number of hydrogen-bond donors (Lipinski definition) is 0. The molecule has 0 amide bonds. The van der Waals surface area contributed by atoms with E-state index in [0.29, 0.717) is 5.82 Å². The van der Waals surface area contributed by atoms with E-state index >= 15 is 0 Å². The quantitative estimate of drug-likeness (QED) is 0.267. The molecule has 7 heteroatoms. The minimum atomic E-state index is 0.194. The maximum absolute atomic E-state index is 4.87. The molecule has 0 aliphatic heterocycles. The first kappa shape index (κ1) is 26.2. The van der Waals surface area contributed by atoms with Crippen molar-refractivity contribution in [2.75, 3.05) is 0 Å². The normalized spacial score (nSPS) is 11.9. The van der Waals surface area contributed by atoms with E-state index in [-0.39, 0.29) is 13.1 Å². The number of hydrogen-bond acceptors (Lipinski definition) is 4. The molecular weight excluding hydrogens is 483 g/mol. The van der Waals surface area contributed by atoms with E-state index in [1.54, 1.807) is 0 Å². The van der Waals surface area contributed by atoms with Crippen molar-refractivity contribution in [3.05, 3.63) is 81.9 Å². The van der Waals surface area contributed by atoms with E-state index in [1.807, 2.05) is 32.9 Å². The van der Waals surface area contributed by atoms with E-state index in [2.05, 4.69) is 63.0 Å². The molecule has 0 unspecified atom stereocenters. The van der Waals surface area contributed by atoms with Gasteiger partial charge in [0.2, 0.25) is 0 Å². The summed E-state index contributed by atoms with van der Waals surface area (Å²) in [5.41, 5.74) is 9.98. The summed E-state index contributed by atoms with van der Waals surface area (Å²) in [7, 11) is 9.53. The van der Waals surface area contributed by atoms with E-state index in [0.717, 1.165) is 56.4 Å². The monoisotopic (exact) mass is 510 g/mol. The van der Waals surface area contributed by atoms with Gasteiger partial charge in [-0.05, 0) is 76.8 Å². The van der Waals surface area contributed by atoms with E-state index in [1.165, 1.54) is 0 Å². The molecule has 2 aromatic carbocycles. The van der Waals surface area contributed by atoms with Gasteiger partial charge in [0.1, 0.15) is 0 Å². The molecule has 0 aliphatic rings. The van der Waals surface area contributed by atoms with Crippen LogP contribution in [0.2, 0.25) is 0 Å². The van der Waals surface area contributed by atoms with E-state index < -0.39 is 0 Å². The first-order valence-electron chi connectivity index (χ1n) is 10.1.